The van der Waals surface area contributed by atoms with Gasteiger partial charge in [0.15, 0.2) is 44.3 Å². The zero-order chi connectivity index (χ0) is 56.0. The molecule has 6 heterocycles. The second-order valence-corrected chi connectivity index (χ2v) is 19.4. The van der Waals surface area contributed by atoms with Gasteiger partial charge in [0.05, 0.1) is 70.4 Å². The summed E-state index contributed by atoms with van der Waals surface area (Å²) in [6, 6.07) is 23.2. The van der Waals surface area contributed by atoms with Crippen molar-refractivity contribution in [1.82, 2.24) is 35.2 Å². The molecular formula is C54H59ClN12O11S2. The monoisotopic (exact) mass is 1150 g/mol. The minimum Gasteiger partial charge on any atom is -0.493 e. The van der Waals surface area contributed by atoms with Crippen molar-refractivity contribution in [2.75, 3.05) is 89.3 Å². The fourth-order valence-electron chi connectivity index (χ4n) is 8.54. The van der Waals surface area contributed by atoms with Gasteiger partial charge in [0.1, 0.15) is 11.0 Å². The summed E-state index contributed by atoms with van der Waals surface area (Å²) in [6.07, 6.45) is 3.79. The van der Waals surface area contributed by atoms with E-state index in [1.54, 1.807) is 63.7 Å². The highest BCUT2D eigenvalue weighted by atomic mass is 35.5. The van der Waals surface area contributed by atoms with E-state index in [1.807, 2.05) is 36.4 Å². The first-order chi connectivity index (χ1) is 38.3. The van der Waals surface area contributed by atoms with E-state index >= 15 is 0 Å². The molecule has 80 heavy (non-hydrogen) atoms. The van der Waals surface area contributed by atoms with Gasteiger partial charge in [-0.05, 0) is 98.5 Å². The molecule has 2 unspecified atom stereocenters. The normalized spacial score (nSPS) is 14.6. The highest BCUT2D eigenvalue weighted by Gasteiger charge is 2.26. The van der Waals surface area contributed by atoms with Crippen LogP contribution in [0.15, 0.2) is 96.0 Å². The maximum Gasteiger partial charge on any atom is 0.337 e. The van der Waals surface area contributed by atoms with Crippen LogP contribution >= 0.6 is 35.1 Å². The number of esters is 2. The molecule has 2 fully saturated rings. The van der Waals surface area contributed by atoms with Crippen LogP contribution in [0.25, 0.3) is 20.7 Å². The fourth-order valence-corrected chi connectivity index (χ4v) is 9.85. The van der Waals surface area contributed by atoms with Crippen molar-refractivity contribution < 1.29 is 52.7 Å². The van der Waals surface area contributed by atoms with Gasteiger partial charge in [-0.2, -0.15) is 19.9 Å². The van der Waals surface area contributed by atoms with E-state index in [0.29, 0.717) is 75.3 Å². The number of ether oxygens (including phenoxy) is 6. The summed E-state index contributed by atoms with van der Waals surface area (Å²) < 4.78 is 30.6. The number of methoxy groups -OCH3 is 6. The van der Waals surface area contributed by atoms with Crippen LogP contribution in [-0.2, 0) is 9.47 Å². The quantitative estimate of drug-likeness (QED) is 0.0602. The minimum absolute atomic E-state index is 0. The number of fused-ring (bicyclic) bond motifs is 2. The van der Waals surface area contributed by atoms with Gasteiger partial charge in [0.25, 0.3) is 5.91 Å². The summed E-state index contributed by atoms with van der Waals surface area (Å²) in [5.74, 6) is 2.92. The lowest BCUT2D eigenvalue weighted by Crippen LogP contribution is -2.48. The standard InChI is InChI=1S/C27H28N6O5S.C18H22N6O2S.C9H8O4.ClH/c1-36-20-11-10-18(13-21(20)37-2)29-23-22-25(39-15-28-22)32-27(31-23)33-12-4-5-19(14-33)30-24(34)16-6-8-17(9-7-16)26(35)38-3;1-25-13-6-5-12(8-14(13)26-2)21-16-15-17(27-10-20-15)23-18(22-16)24-7-3-4-11(19)9-24;1-13-9(12)7-4-2-6(3-5-7)8(10)11;/h6-11,13,15,19H,4-5,12,14H2,1-3H3,(H,30,34)(H,29,31,32);5-6,8,10-11H,3-4,7,9,19H2,1-2H3,(H,21,22,23);2-5H,1H3,(H,10,11);1H. The number of nitrogens with one attached hydrogen (secondary N) is 3. The van der Waals surface area contributed by atoms with Crippen LogP contribution in [0.1, 0.15) is 67.1 Å². The Morgan fingerprint density at radius 3 is 1.45 bits per heavy atom. The topological polar surface area (TPSA) is 290 Å². The van der Waals surface area contributed by atoms with Crippen molar-refractivity contribution in [3.8, 4) is 23.0 Å². The van der Waals surface area contributed by atoms with Gasteiger partial charge in [0.2, 0.25) is 11.9 Å². The third kappa shape index (κ3) is 14.5. The summed E-state index contributed by atoms with van der Waals surface area (Å²) in [5, 5.41) is 18.4. The van der Waals surface area contributed by atoms with Crippen molar-refractivity contribution >= 4 is 114 Å². The predicted octanol–water partition coefficient (Wildman–Crippen LogP) is 8.40. The summed E-state index contributed by atoms with van der Waals surface area (Å²) in [7, 11) is 9.00. The van der Waals surface area contributed by atoms with Crippen molar-refractivity contribution in [3.05, 3.63) is 118 Å². The number of carbonyl (C=O) groups is 4. The van der Waals surface area contributed by atoms with Crippen molar-refractivity contribution in [2.24, 2.45) is 5.73 Å². The molecule has 1 amide bonds. The lowest BCUT2D eigenvalue weighted by molar-refractivity contribution is 0.0591. The summed E-state index contributed by atoms with van der Waals surface area (Å²) in [5.41, 5.74) is 14.0. The number of amides is 1. The van der Waals surface area contributed by atoms with Gasteiger partial charge in [-0.15, -0.1) is 35.1 Å². The molecule has 0 radical (unpaired) electrons. The molecular weight excluding hydrogens is 1090 g/mol. The van der Waals surface area contributed by atoms with Crippen LogP contribution in [0, 0.1) is 0 Å². The molecule has 4 aromatic heterocycles. The van der Waals surface area contributed by atoms with Gasteiger partial charge < -0.3 is 65.0 Å². The number of hydrogen-bond acceptors (Lipinski definition) is 23. The Kier molecular flexibility index (Phi) is 20.5. The molecule has 26 heteroatoms. The van der Waals surface area contributed by atoms with Gasteiger partial charge in [0, 0.05) is 67.3 Å². The van der Waals surface area contributed by atoms with Gasteiger partial charge in [-0.3, -0.25) is 4.79 Å². The maximum absolute atomic E-state index is 12.9. The lowest BCUT2D eigenvalue weighted by atomic mass is 10.0. The van der Waals surface area contributed by atoms with Gasteiger partial charge in [-0.25, -0.2) is 24.4 Å². The minimum atomic E-state index is -1.02. The van der Waals surface area contributed by atoms with E-state index < -0.39 is 17.9 Å². The number of anilines is 6. The Bertz CT molecular complexity index is 3430. The maximum atomic E-state index is 12.9. The summed E-state index contributed by atoms with van der Waals surface area (Å²) >= 11 is 2.94. The number of hydrogen-bond donors (Lipinski definition) is 5. The zero-order valence-electron chi connectivity index (χ0n) is 44.5. The number of nitrogens with two attached hydrogens (primary N) is 1. The molecule has 10 rings (SSSR count). The van der Waals surface area contributed by atoms with Crippen LogP contribution in [-0.4, -0.2) is 140 Å². The third-order valence-corrected chi connectivity index (χ3v) is 14.0. The molecule has 0 bridgehead atoms. The van der Waals surface area contributed by atoms with Crippen LogP contribution in [0.3, 0.4) is 0 Å². The zero-order valence-corrected chi connectivity index (χ0v) is 46.9. The number of carboxylic acids is 1. The fraction of sp³-hybridized carbons (Fsp3) is 0.296. The first-order valence-corrected chi connectivity index (χ1v) is 26.4. The molecule has 2 atom stereocenters. The van der Waals surface area contributed by atoms with Crippen LogP contribution < -0.4 is 50.4 Å². The molecule has 6 N–H and O–H groups in total. The average molecular weight is 1150 g/mol. The number of carboxylic acid groups (broad SMARTS) is 1. The molecule has 4 aromatic carbocycles. The Balaban J connectivity index is 0.000000194. The smallest absolute Gasteiger partial charge is 0.337 e. The molecule has 420 valence electrons. The Morgan fingerprint density at radius 2 is 1.01 bits per heavy atom. The van der Waals surface area contributed by atoms with Crippen LogP contribution in [0.4, 0.5) is 34.9 Å². The number of aromatic carboxylic acids is 1. The Hall–Kier alpha value is -8.65. The van der Waals surface area contributed by atoms with E-state index in [-0.39, 0.29) is 36.0 Å². The molecule has 0 aliphatic carbocycles. The largest absolute Gasteiger partial charge is 0.493 e. The first-order valence-electron chi connectivity index (χ1n) is 24.7. The van der Waals surface area contributed by atoms with E-state index in [4.69, 9.17) is 49.5 Å². The van der Waals surface area contributed by atoms with E-state index in [9.17, 15) is 19.2 Å². The molecule has 23 nitrogen and oxygen atoms in total. The molecule has 0 saturated carbocycles. The van der Waals surface area contributed by atoms with Gasteiger partial charge in [-0.1, -0.05) is 0 Å². The summed E-state index contributed by atoms with van der Waals surface area (Å²) in [6.45, 7) is 3.00. The SMILES string of the molecule is COC(=O)c1ccc(C(=O)NC2CCCN(c3nc(Nc4ccc(OC)c(OC)c4)c4ncsc4n3)C2)cc1.COC(=O)c1ccc(C(=O)O)cc1.COc1ccc(Nc2nc(N3CCCC(N)C3)nc3scnc23)cc1OC.Cl. The number of aromatic nitrogens is 6. The Morgan fingerprint density at radius 1 is 0.575 bits per heavy atom. The second kappa shape index (κ2) is 27.8. The molecule has 2 aliphatic heterocycles. The molecule has 2 aliphatic rings. The van der Waals surface area contributed by atoms with Crippen molar-refractivity contribution in [2.45, 2.75) is 37.8 Å². The molecule has 2 saturated heterocycles. The highest BCUT2D eigenvalue weighted by Crippen LogP contribution is 2.35. The number of thiazole rings is 2. The number of benzene rings is 4. The van der Waals surface area contributed by atoms with Crippen molar-refractivity contribution in [1.29, 1.82) is 0 Å². The Labute approximate surface area is 474 Å². The molecule has 0 spiro atoms. The first kappa shape index (κ1) is 59.0. The lowest BCUT2D eigenvalue weighted by Gasteiger charge is -2.33. The van der Waals surface area contributed by atoms with Gasteiger partial charge >= 0.3 is 17.9 Å². The number of carbonyl (C=O) groups excluding carboxylic acids is 3. The third-order valence-electron chi connectivity index (χ3n) is 12.6. The van der Waals surface area contributed by atoms with Crippen LogP contribution in [0.5, 0.6) is 23.0 Å². The van der Waals surface area contributed by atoms with Crippen molar-refractivity contribution in [3.63, 3.8) is 0 Å². The molecule has 8 aromatic rings. The number of piperidine rings is 2. The highest BCUT2D eigenvalue weighted by molar-refractivity contribution is 7.16. The predicted molar refractivity (Wildman–Crippen MR) is 308 cm³/mol. The van der Waals surface area contributed by atoms with E-state index in [0.717, 1.165) is 71.9 Å². The number of halogens is 1. The average Bonchev–Trinajstić information content (AvgIpc) is 4.22. The van der Waals surface area contributed by atoms with Crippen LogP contribution in [0.2, 0.25) is 0 Å². The van der Waals surface area contributed by atoms with E-state index in [1.165, 1.54) is 61.2 Å². The van der Waals surface area contributed by atoms with E-state index in [2.05, 4.69) is 45.4 Å². The number of nitrogens with zero attached hydrogens (tertiary/aromatic N) is 8. The number of rotatable bonds is 15. The second-order valence-electron chi connectivity index (χ2n) is 17.7. The summed E-state index contributed by atoms with van der Waals surface area (Å²) in [4.78, 5) is 79.6.